The molecular formula is C11H20N4O. The van der Waals surface area contributed by atoms with E-state index in [-0.39, 0.29) is 11.8 Å². The first-order valence-electron chi connectivity index (χ1n) is 5.54. The fraction of sp³-hybridized carbons (Fsp3) is 0.636. The van der Waals surface area contributed by atoms with Crippen LogP contribution in [0, 0.1) is 5.92 Å². The Hall–Kier alpha value is -1.36. The van der Waals surface area contributed by atoms with Crippen molar-refractivity contribution >= 4 is 11.6 Å². The van der Waals surface area contributed by atoms with Crippen molar-refractivity contribution < 1.29 is 4.79 Å². The van der Waals surface area contributed by atoms with Crippen LogP contribution in [0.4, 0.5) is 5.69 Å². The third-order valence-corrected chi connectivity index (χ3v) is 2.52. The molecule has 0 aliphatic heterocycles. The second kappa shape index (κ2) is 5.12. The van der Waals surface area contributed by atoms with Crippen LogP contribution in [-0.2, 0) is 18.3 Å². The zero-order valence-corrected chi connectivity index (χ0v) is 10.3. The lowest BCUT2D eigenvalue weighted by atomic mass is 10.0. The Bertz CT molecular complexity index is 370. The van der Waals surface area contributed by atoms with E-state index >= 15 is 0 Å². The monoisotopic (exact) mass is 224 g/mol. The highest BCUT2D eigenvalue weighted by atomic mass is 16.2. The number of hydrogen-bond acceptors (Lipinski definition) is 3. The van der Waals surface area contributed by atoms with Crippen molar-refractivity contribution in [3.8, 4) is 0 Å². The van der Waals surface area contributed by atoms with Gasteiger partial charge in [0.05, 0.1) is 17.4 Å². The van der Waals surface area contributed by atoms with Crippen molar-refractivity contribution in [3.63, 3.8) is 0 Å². The smallest absolute Gasteiger partial charge is 0.241 e. The van der Waals surface area contributed by atoms with Crippen LogP contribution in [0.2, 0.25) is 0 Å². The van der Waals surface area contributed by atoms with Gasteiger partial charge in [0, 0.05) is 13.2 Å². The van der Waals surface area contributed by atoms with E-state index in [9.17, 15) is 4.79 Å². The molecule has 3 N–H and O–H groups in total. The number of aryl methyl sites for hydroxylation is 2. The lowest BCUT2D eigenvalue weighted by Gasteiger charge is -2.14. The minimum Gasteiger partial charge on any atom is -0.322 e. The lowest BCUT2D eigenvalue weighted by molar-refractivity contribution is -0.118. The number of aromatic nitrogens is 2. The summed E-state index contributed by atoms with van der Waals surface area (Å²) in [5.74, 6) is -0.0283. The first-order valence-corrected chi connectivity index (χ1v) is 5.54. The molecule has 0 aliphatic rings. The Morgan fingerprint density at radius 3 is 2.75 bits per heavy atom. The van der Waals surface area contributed by atoms with E-state index in [1.165, 1.54) is 0 Å². The summed E-state index contributed by atoms with van der Waals surface area (Å²) in [7, 11) is 1.83. The number of nitrogens with one attached hydrogen (secondary N) is 1. The SMILES string of the molecule is CCc1nn(C)cc1NC(=O)[C@H](N)C(C)C. The molecule has 0 aliphatic carbocycles. The Labute approximate surface area is 96.0 Å². The largest absolute Gasteiger partial charge is 0.322 e. The second-order valence-corrected chi connectivity index (χ2v) is 4.28. The molecule has 1 aromatic rings. The number of nitrogens with zero attached hydrogens (tertiary/aromatic N) is 2. The Balaban J connectivity index is 2.76. The number of anilines is 1. The molecule has 0 saturated carbocycles. The van der Waals surface area contributed by atoms with Crippen LogP contribution in [0.25, 0.3) is 0 Å². The van der Waals surface area contributed by atoms with Crippen LogP contribution in [0.5, 0.6) is 0 Å². The highest BCUT2D eigenvalue weighted by molar-refractivity contribution is 5.95. The average molecular weight is 224 g/mol. The molecule has 1 rings (SSSR count). The first kappa shape index (κ1) is 12.7. The maximum atomic E-state index is 11.8. The molecule has 90 valence electrons. The van der Waals surface area contributed by atoms with Crippen molar-refractivity contribution in [3.05, 3.63) is 11.9 Å². The maximum Gasteiger partial charge on any atom is 0.241 e. The third kappa shape index (κ3) is 2.82. The number of nitrogens with two attached hydrogens (primary N) is 1. The summed E-state index contributed by atoms with van der Waals surface area (Å²) in [4.78, 5) is 11.8. The fourth-order valence-electron chi connectivity index (χ4n) is 1.42. The molecule has 1 heterocycles. The number of rotatable bonds is 4. The van der Waals surface area contributed by atoms with Gasteiger partial charge < -0.3 is 11.1 Å². The standard InChI is InChI=1S/C11H20N4O/c1-5-8-9(6-15(4)14-8)13-11(16)10(12)7(2)3/h6-7,10H,5,12H2,1-4H3,(H,13,16)/t10-/m1/s1. The Morgan fingerprint density at radius 2 is 2.25 bits per heavy atom. The van der Waals surface area contributed by atoms with Gasteiger partial charge in [0.2, 0.25) is 5.91 Å². The van der Waals surface area contributed by atoms with Gasteiger partial charge in [0.15, 0.2) is 0 Å². The van der Waals surface area contributed by atoms with Gasteiger partial charge >= 0.3 is 0 Å². The number of carbonyl (C=O) groups excluding carboxylic acids is 1. The van der Waals surface area contributed by atoms with Crippen LogP contribution < -0.4 is 11.1 Å². The Kier molecular flexibility index (Phi) is 4.06. The summed E-state index contributed by atoms with van der Waals surface area (Å²) in [5.41, 5.74) is 7.40. The van der Waals surface area contributed by atoms with Crippen LogP contribution >= 0.6 is 0 Å². The predicted octanol–water partition coefficient (Wildman–Crippen LogP) is 0.904. The van der Waals surface area contributed by atoms with Crippen molar-refractivity contribution in [2.45, 2.75) is 33.2 Å². The van der Waals surface area contributed by atoms with Crippen LogP contribution in [0.15, 0.2) is 6.20 Å². The van der Waals surface area contributed by atoms with Gasteiger partial charge in [-0.15, -0.1) is 0 Å². The van der Waals surface area contributed by atoms with E-state index in [0.717, 1.165) is 17.8 Å². The molecule has 0 unspecified atom stereocenters. The molecule has 0 bridgehead atoms. The maximum absolute atomic E-state index is 11.8. The van der Waals surface area contributed by atoms with Gasteiger partial charge in [-0.25, -0.2) is 0 Å². The molecule has 0 radical (unpaired) electrons. The normalized spacial score (nSPS) is 12.9. The third-order valence-electron chi connectivity index (χ3n) is 2.52. The van der Waals surface area contributed by atoms with Crippen LogP contribution in [0.3, 0.4) is 0 Å². The van der Waals surface area contributed by atoms with Crippen molar-refractivity contribution in [1.82, 2.24) is 9.78 Å². The van der Waals surface area contributed by atoms with Crippen LogP contribution in [-0.4, -0.2) is 21.7 Å². The van der Waals surface area contributed by atoms with Gasteiger partial charge in [-0.1, -0.05) is 20.8 Å². The molecular weight excluding hydrogens is 204 g/mol. The van der Waals surface area contributed by atoms with E-state index in [0.29, 0.717) is 0 Å². The predicted molar refractivity (Wildman–Crippen MR) is 64.0 cm³/mol. The summed E-state index contributed by atoms with van der Waals surface area (Å²) >= 11 is 0. The zero-order chi connectivity index (χ0) is 12.3. The zero-order valence-electron chi connectivity index (χ0n) is 10.3. The average Bonchev–Trinajstić information content (AvgIpc) is 2.57. The van der Waals surface area contributed by atoms with Crippen molar-refractivity contribution in [2.24, 2.45) is 18.7 Å². The molecule has 1 atom stereocenters. The molecule has 0 spiro atoms. The topological polar surface area (TPSA) is 72.9 Å². The summed E-state index contributed by atoms with van der Waals surface area (Å²) in [6.07, 6.45) is 2.58. The lowest BCUT2D eigenvalue weighted by Crippen LogP contribution is -2.39. The highest BCUT2D eigenvalue weighted by Gasteiger charge is 2.18. The quantitative estimate of drug-likeness (QED) is 0.798. The molecule has 5 heteroatoms. The van der Waals surface area contributed by atoms with Gasteiger partial charge in [-0.3, -0.25) is 9.48 Å². The molecule has 0 saturated heterocycles. The molecule has 16 heavy (non-hydrogen) atoms. The van der Waals surface area contributed by atoms with Crippen LogP contribution in [0.1, 0.15) is 26.5 Å². The summed E-state index contributed by atoms with van der Waals surface area (Å²) < 4.78 is 1.69. The van der Waals surface area contributed by atoms with Gasteiger partial charge in [-0.2, -0.15) is 5.10 Å². The minimum absolute atomic E-state index is 0.127. The summed E-state index contributed by atoms with van der Waals surface area (Å²) in [5, 5.41) is 7.06. The van der Waals surface area contributed by atoms with E-state index in [1.54, 1.807) is 10.9 Å². The van der Waals surface area contributed by atoms with Gasteiger partial charge in [0.25, 0.3) is 0 Å². The van der Waals surface area contributed by atoms with Gasteiger partial charge in [-0.05, 0) is 12.3 Å². The molecule has 0 aromatic carbocycles. The molecule has 1 amide bonds. The minimum atomic E-state index is -0.482. The van der Waals surface area contributed by atoms with Crippen molar-refractivity contribution in [1.29, 1.82) is 0 Å². The highest BCUT2D eigenvalue weighted by Crippen LogP contribution is 2.14. The number of carbonyl (C=O) groups is 1. The van der Waals surface area contributed by atoms with Gasteiger partial charge in [0.1, 0.15) is 0 Å². The number of amides is 1. The van der Waals surface area contributed by atoms with E-state index in [1.807, 2.05) is 27.8 Å². The van der Waals surface area contributed by atoms with E-state index < -0.39 is 6.04 Å². The fourth-order valence-corrected chi connectivity index (χ4v) is 1.42. The van der Waals surface area contributed by atoms with E-state index in [2.05, 4.69) is 10.4 Å². The Morgan fingerprint density at radius 1 is 1.62 bits per heavy atom. The number of hydrogen-bond donors (Lipinski definition) is 2. The first-order chi connectivity index (χ1) is 7.45. The van der Waals surface area contributed by atoms with E-state index in [4.69, 9.17) is 5.73 Å². The summed E-state index contributed by atoms with van der Waals surface area (Å²) in [6, 6.07) is -0.482. The molecule has 5 nitrogen and oxygen atoms in total. The second-order valence-electron chi connectivity index (χ2n) is 4.28. The molecule has 1 aromatic heterocycles. The van der Waals surface area contributed by atoms with Crippen molar-refractivity contribution in [2.75, 3.05) is 5.32 Å². The molecule has 0 fully saturated rings. The summed E-state index contributed by atoms with van der Waals surface area (Å²) in [6.45, 7) is 5.85.